The van der Waals surface area contributed by atoms with E-state index in [1.165, 1.54) is 18.3 Å². The van der Waals surface area contributed by atoms with Gasteiger partial charge in [-0.1, -0.05) is 23.8 Å². The van der Waals surface area contributed by atoms with Crippen molar-refractivity contribution in [1.29, 1.82) is 0 Å². The van der Waals surface area contributed by atoms with Crippen molar-refractivity contribution in [3.63, 3.8) is 0 Å². The molecule has 9 heteroatoms. The van der Waals surface area contributed by atoms with Gasteiger partial charge in [-0.3, -0.25) is 14.9 Å². The van der Waals surface area contributed by atoms with Gasteiger partial charge >= 0.3 is 6.03 Å². The Morgan fingerprint density at radius 2 is 1.60 bits per heavy atom. The van der Waals surface area contributed by atoms with Gasteiger partial charge in [0.05, 0.1) is 12.1 Å². The fourth-order valence-electron chi connectivity index (χ4n) is 2.59. The molecule has 4 amide bonds. The first-order valence-corrected chi connectivity index (χ1v) is 10.0. The smallest absolute Gasteiger partial charge is 0.325 e. The summed E-state index contributed by atoms with van der Waals surface area (Å²) < 4.78 is 0. The number of aromatic nitrogens is 1. The molecule has 0 spiro atoms. The number of nitrogens with one attached hydrogen (secondary N) is 4. The molecular formula is C21H21N5O3S. The van der Waals surface area contributed by atoms with Crippen LogP contribution in [0.4, 0.5) is 27.0 Å². The Morgan fingerprint density at radius 1 is 0.900 bits per heavy atom. The molecule has 0 aliphatic rings. The second kappa shape index (κ2) is 9.66. The van der Waals surface area contributed by atoms with Gasteiger partial charge in [-0.25, -0.2) is 9.78 Å². The number of benzene rings is 2. The van der Waals surface area contributed by atoms with Gasteiger partial charge in [-0.05, 0) is 37.3 Å². The van der Waals surface area contributed by atoms with Crippen LogP contribution >= 0.6 is 11.3 Å². The number of aryl methyl sites for hydroxylation is 1. The molecule has 1 aromatic heterocycles. The minimum absolute atomic E-state index is 0.0577. The van der Waals surface area contributed by atoms with Crippen molar-refractivity contribution in [2.45, 2.75) is 20.3 Å². The van der Waals surface area contributed by atoms with Crippen molar-refractivity contribution in [2.75, 3.05) is 21.3 Å². The quantitative estimate of drug-likeness (QED) is 0.475. The largest absolute Gasteiger partial charge is 0.326 e. The number of hydrogen-bond donors (Lipinski definition) is 4. The Kier molecular flexibility index (Phi) is 6.76. The molecule has 0 saturated carbocycles. The minimum atomic E-state index is -0.404. The molecule has 2 aromatic carbocycles. The highest BCUT2D eigenvalue weighted by atomic mass is 32.1. The number of amides is 4. The van der Waals surface area contributed by atoms with Gasteiger partial charge in [0.15, 0.2) is 5.13 Å². The third-order valence-corrected chi connectivity index (χ3v) is 4.70. The van der Waals surface area contributed by atoms with E-state index in [1.54, 1.807) is 29.6 Å². The average Bonchev–Trinajstić information content (AvgIpc) is 3.09. The van der Waals surface area contributed by atoms with E-state index in [0.29, 0.717) is 27.9 Å². The van der Waals surface area contributed by atoms with Crippen LogP contribution in [-0.4, -0.2) is 22.8 Å². The maximum Gasteiger partial charge on any atom is 0.325 e. The summed E-state index contributed by atoms with van der Waals surface area (Å²) in [5, 5.41) is 12.9. The molecule has 0 unspecified atom stereocenters. The molecule has 8 nitrogen and oxygen atoms in total. The lowest BCUT2D eigenvalue weighted by molar-refractivity contribution is -0.116. The number of carbonyl (C=O) groups is 3. The number of carbonyl (C=O) groups excluding carboxylic acids is 3. The molecule has 0 radical (unpaired) electrons. The molecule has 3 aromatic rings. The first-order chi connectivity index (χ1) is 14.4. The Morgan fingerprint density at radius 3 is 2.30 bits per heavy atom. The van der Waals surface area contributed by atoms with Crippen LogP contribution in [0.2, 0.25) is 0 Å². The molecule has 0 atom stereocenters. The van der Waals surface area contributed by atoms with Crippen LogP contribution in [0.25, 0.3) is 0 Å². The SMILES string of the molecule is CC(=O)Nc1cccc(NC(=O)Cc2csc(NC(=O)Nc3ccc(C)cc3)n2)c1. The maximum absolute atomic E-state index is 12.3. The van der Waals surface area contributed by atoms with Gasteiger partial charge in [0.1, 0.15) is 0 Å². The Hall–Kier alpha value is -3.72. The number of anilines is 4. The summed E-state index contributed by atoms with van der Waals surface area (Å²) in [7, 11) is 0. The highest BCUT2D eigenvalue weighted by Gasteiger charge is 2.11. The molecule has 0 bridgehead atoms. The maximum atomic E-state index is 12.3. The molecular weight excluding hydrogens is 402 g/mol. The average molecular weight is 423 g/mol. The van der Waals surface area contributed by atoms with Crippen LogP contribution in [0.3, 0.4) is 0 Å². The van der Waals surface area contributed by atoms with E-state index in [1.807, 2.05) is 31.2 Å². The van der Waals surface area contributed by atoms with E-state index in [4.69, 9.17) is 0 Å². The zero-order valence-electron chi connectivity index (χ0n) is 16.5. The van der Waals surface area contributed by atoms with Gasteiger partial charge in [0, 0.05) is 29.4 Å². The van der Waals surface area contributed by atoms with Crippen LogP contribution in [0.15, 0.2) is 53.9 Å². The van der Waals surface area contributed by atoms with Crippen molar-refractivity contribution in [3.05, 3.63) is 65.2 Å². The Labute approximate surface area is 177 Å². The predicted octanol–water partition coefficient (Wildman–Crippen LogP) is 4.24. The summed E-state index contributed by atoms with van der Waals surface area (Å²) in [5.41, 5.74) is 3.49. The standard InChI is InChI=1S/C21H21N5O3S/c1-13-6-8-15(9-7-13)24-20(29)26-21-25-18(12-30-21)11-19(28)23-17-5-3-4-16(10-17)22-14(2)27/h3-10,12H,11H2,1-2H3,(H,22,27)(H,23,28)(H2,24,25,26,29). The Bertz CT molecular complexity index is 1060. The molecule has 0 saturated heterocycles. The van der Waals surface area contributed by atoms with E-state index < -0.39 is 6.03 Å². The summed E-state index contributed by atoms with van der Waals surface area (Å²) in [6, 6.07) is 13.9. The number of nitrogens with zero attached hydrogens (tertiary/aromatic N) is 1. The molecule has 154 valence electrons. The minimum Gasteiger partial charge on any atom is -0.326 e. The first-order valence-electron chi connectivity index (χ1n) is 9.14. The predicted molar refractivity (Wildman–Crippen MR) is 119 cm³/mol. The third kappa shape index (κ3) is 6.42. The fourth-order valence-corrected chi connectivity index (χ4v) is 3.29. The second-order valence-electron chi connectivity index (χ2n) is 6.58. The van der Waals surface area contributed by atoms with Crippen molar-refractivity contribution in [2.24, 2.45) is 0 Å². The molecule has 0 aliphatic heterocycles. The molecule has 30 heavy (non-hydrogen) atoms. The highest BCUT2D eigenvalue weighted by Crippen LogP contribution is 2.18. The zero-order chi connectivity index (χ0) is 21.5. The monoisotopic (exact) mass is 423 g/mol. The van der Waals surface area contributed by atoms with E-state index in [0.717, 1.165) is 5.56 Å². The summed E-state index contributed by atoms with van der Waals surface area (Å²) in [6.07, 6.45) is 0.0577. The summed E-state index contributed by atoms with van der Waals surface area (Å²) in [4.78, 5) is 39.8. The van der Waals surface area contributed by atoms with E-state index in [-0.39, 0.29) is 18.2 Å². The van der Waals surface area contributed by atoms with Crippen molar-refractivity contribution < 1.29 is 14.4 Å². The third-order valence-electron chi connectivity index (χ3n) is 3.89. The van der Waals surface area contributed by atoms with Crippen molar-refractivity contribution in [1.82, 2.24) is 4.98 Å². The van der Waals surface area contributed by atoms with Gasteiger partial charge < -0.3 is 16.0 Å². The van der Waals surface area contributed by atoms with Crippen LogP contribution in [-0.2, 0) is 16.0 Å². The summed E-state index contributed by atoms with van der Waals surface area (Å²) >= 11 is 1.24. The van der Waals surface area contributed by atoms with E-state index in [2.05, 4.69) is 26.3 Å². The normalized spacial score (nSPS) is 10.2. The highest BCUT2D eigenvalue weighted by molar-refractivity contribution is 7.14. The second-order valence-corrected chi connectivity index (χ2v) is 7.43. The fraction of sp³-hybridized carbons (Fsp3) is 0.143. The van der Waals surface area contributed by atoms with Crippen LogP contribution < -0.4 is 21.3 Å². The molecule has 3 rings (SSSR count). The van der Waals surface area contributed by atoms with Crippen LogP contribution in [0, 0.1) is 6.92 Å². The molecule has 4 N–H and O–H groups in total. The molecule has 0 fully saturated rings. The van der Waals surface area contributed by atoms with Crippen LogP contribution in [0.1, 0.15) is 18.2 Å². The lowest BCUT2D eigenvalue weighted by Gasteiger charge is -2.07. The topological polar surface area (TPSA) is 112 Å². The van der Waals surface area contributed by atoms with E-state index >= 15 is 0 Å². The van der Waals surface area contributed by atoms with Crippen molar-refractivity contribution >= 4 is 51.4 Å². The first kappa shape index (κ1) is 21.0. The summed E-state index contributed by atoms with van der Waals surface area (Å²) in [6.45, 7) is 3.39. The Balaban J connectivity index is 1.52. The van der Waals surface area contributed by atoms with Gasteiger partial charge in [0.2, 0.25) is 11.8 Å². The van der Waals surface area contributed by atoms with Gasteiger partial charge in [-0.2, -0.15) is 0 Å². The van der Waals surface area contributed by atoms with Crippen molar-refractivity contribution in [3.8, 4) is 0 Å². The number of thiazole rings is 1. The van der Waals surface area contributed by atoms with Crippen LogP contribution in [0.5, 0.6) is 0 Å². The van der Waals surface area contributed by atoms with Gasteiger partial charge in [0.25, 0.3) is 0 Å². The zero-order valence-corrected chi connectivity index (χ0v) is 17.3. The van der Waals surface area contributed by atoms with E-state index in [9.17, 15) is 14.4 Å². The summed E-state index contributed by atoms with van der Waals surface area (Å²) in [5.74, 6) is -0.441. The van der Waals surface area contributed by atoms with Gasteiger partial charge in [-0.15, -0.1) is 11.3 Å². The number of hydrogen-bond acceptors (Lipinski definition) is 5. The molecule has 0 aliphatic carbocycles. The number of rotatable bonds is 6. The number of urea groups is 1. The molecule has 1 heterocycles. The lowest BCUT2D eigenvalue weighted by atomic mass is 10.2. The lowest BCUT2D eigenvalue weighted by Crippen LogP contribution is -2.19.